The minimum Gasteiger partial charge on any atom is -0.387 e. The minimum absolute atomic E-state index is 0.317. The first-order valence-electron chi connectivity index (χ1n) is 4.49. The van der Waals surface area contributed by atoms with Crippen molar-refractivity contribution < 1.29 is 0 Å². The number of nitrogens with one attached hydrogen (secondary N) is 1. The van der Waals surface area contributed by atoms with Gasteiger partial charge in [-0.25, -0.2) is 4.99 Å². The molecule has 3 N–H and O–H groups in total. The standard InChI is InChI=1S/C9H16N4/c1-4-6(2)9(10)11-8-5-7(3)12-13-8/h5-6H,4H2,1-3H3,(H3,10,11,12,13). The number of hydrogen-bond donors (Lipinski definition) is 2. The SMILES string of the molecule is CCC(C)C(N)=Nc1cc(C)[nH]n1. The molecule has 0 spiro atoms. The van der Waals surface area contributed by atoms with E-state index >= 15 is 0 Å². The normalized spacial score (nSPS) is 14.5. The molecule has 4 heteroatoms. The summed E-state index contributed by atoms with van der Waals surface area (Å²) >= 11 is 0. The number of rotatable bonds is 3. The van der Waals surface area contributed by atoms with E-state index in [-0.39, 0.29) is 0 Å². The van der Waals surface area contributed by atoms with Crippen LogP contribution < -0.4 is 5.73 Å². The Balaban J connectivity index is 2.76. The lowest BCUT2D eigenvalue weighted by Gasteiger charge is -2.05. The Morgan fingerprint density at radius 3 is 2.92 bits per heavy atom. The Bertz CT molecular complexity index is 300. The second-order valence-corrected chi connectivity index (χ2v) is 3.26. The molecule has 1 aromatic rings. The van der Waals surface area contributed by atoms with Crippen LogP contribution in [0.4, 0.5) is 5.82 Å². The first-order chi connectivity index (χ1) is 6.13. The maximum Gasteiger partial charge on any atom is 0.175 e. The summed E-state index contributed by atoms with van der Waals surface area (Å²) in [4.78, 5) is 4.20. The average Bonchev–Trinajstić information content (AvgIpc) is 2.49. The van der Waals surface area contributed by atoms with E-state index in [0.717, 1.165) is 12.1 Å². The van der Waals surface area contributed by atoms with Crippen molar-refractivity contribution in [3.63, 3.8) is 0 Å². The van der Waals surface area contributed by atoms with Gasteiger partial charge in [-0.05, 0) is 13.3 Å². The quantitative estimate of drug-likeness (QED) is 0.549. The van der Waals surface area contributed by atoms with Crippen LogP contribution in [0, 0.1) is 12.8 Å². The molecule has 0 saturated heterocycles. The van der Waals surface area contributed by atoms with Gasteiger partial charge >= 0.3 is 0 Å². The fourth-order valence-electron chi connectivity index (χ4n) is 0.913. The first-order valence-corrected chi connectivity index (χ1v) is 4.49. The van der Waals surface area contributed by atoms with Crippen molar-refractivity contribution in [2.45, 2.75) is 27.2 Å². The number of aromatic amines is 1. The molecule has 0 aliphatic heterocycles. The highest BCUT2D eigenvalue weighted by Crippen LogP contribution is 2.10. The van der Waals surface area contributed by atoms with Gasteiger partial charge in [-0.3, -0.25) is 5.10 Å². The van der Waals surface area contributed by atoms with Gasteiger partial charge in [0.2, 0.25) is 0 Å². The number of aliphatic imine (C=N–C) groups is 1. The number of H-pyrrole nitrogens is 1. The Hall–Kier alpha value is -1.32. The third-order valence-electron chi connectivity index (χ3n) is 2.05. The van der Waals surface area contributed by atoms with Gasteiger partial charge in [0.25, 0.3) is 0 Å². The van der Waals surface area contributed by atoms with Gasteiger partial charge in [-0.1, -0.05) is 13.8 Å². The Morgan fingerprint density at radius 2 is 2.46 bits per heavy atom. The van der Waals surface area contributed by atoms with E-state index in [1.54, 1.807) is 0 Å². The van der Waals surface area contributed by atoms with Crippen molar-refractivity contribution in [3.8, 4) is 0 Å². The lowest BCUT2D eigenvalue weighted by atomic mass is 10.1. The number of hydrogen-bond acceptors (Lipinski definition) is 2. The molecule has 0 amide bonds. The highest BCUT2D eigenvalue weighted by Gasteiger charge is 2.04. The molecule has 1 aromatic heterocycles. The Labute approximate surface area is 78.3 Å². The van der Waals surface area contributed by atoms with Crippen molar-refractivity contribution in [1.29, 1.82) is 0 Å². The molecule has 4 nitrogen and oxygen atoms in total. The Morgan fingerprint density at radius 1 is 1.77 bits per heavy atom. The van der Waals surface area contributed by atoms with E-state index in [1.807, 2.05) is 13.0 Å². The van der Waals surface area contributed by atoms with Gasteiger partial charge in [0, 0.05) is 17.7 Å². The fraction of sp³-hybridized carbons (Fsp3) is 0.556. The zero-order valence-corrected chi connectivity index (χ0v) is 8.33. The molecule has 0 aromatic carbocycles. The van der Waals surface area contributed by atoms with Crippen LogP contribution in [0.1, 0.15) is 26.0 Å². The van der Waals surface area contributed by atoms with Crippen LogP contribution in [0.5, 0.6) is 0 Å². The minimum atomic E-state index is 0.317. The number of nitrogens with zero attached hydrogens (tertiary/aromatic N) is 2. The average molecular weight is 180 g/mol. The van der Waals surface area contributed by atoms with Gasteiger partial charge in [-0.2, -0.15) is 5.10 Å². The molecule has 1 unspecified atom stereocenters. The first kappa shape index (κ1) is 9.77. The summed E-state index contributed by atoms with van der Waals surface area (Å²) in [6.45, 7) is 6.08. The summed E-state index contributed by atoms with van der Waals surface area (Å²) in [6.07, 6.45) is 0.999. The number of aromatic nitrogens is 2. The summed E-state index contributed by atoms with van der Waals surface area (Å²) < 4.78 is 0. The van der Waals surface area contributed by atoms with Crippen LogP contribution in [0.15, 0.2) is 11.1 Å². The van der Waals surface area contributed by atoms with Crippen molar-refractivity contribution in [2.24, 2.45) is 16.6 Å². The molecular weight excluding hydrogens is 164 g/mol. The highest BCUT2D eigenvalue weighted by atomic mass is 15.2. The van der Waals surface area contributed by atoms with Crippen LogP contribution in [-0.4, -0.2) is 16.0 Å². The molecule has 0 aliphatic rings. The van der Waals surface area contributed by atoms with Crippen molar-refractivity contribution >= 4 is 11.7 Å². The highest BCUT2D eigenvalue weighted by molar-refractivity contribution is 5.84. The molecule has 0 radical (unpaired) electrons. The van der Waals surface area contributed by atoms with Gasteiger partial charge in [0.1, 0.15) is 5.84 Å². The predicted octanol–water partition coefficient (Wildman–Crippen LogP) is 1.75. The molecule has 0 bridgehead atoms. The summed E-state index contributed by atoms with van der Waals surface area (Å²) in [7, 11) is 0. The fourth-order valence-corrected chi connectivity index (χ4v) is 0.913. The van der Waals surface area contributed by atoms with Gasteiger partial charge in [0.15, 0.2) is 5.82 Å². The second kappa shape index (κ2) is 4.07. The largest absolute Gasteiger partial charge is 0.387 e. The molecule has 1 rings (SSSR count). The molecule has 1 atom stereocenters. The molecule has 0 aliphatic carbocycles. The van der Waals surface area contributed by atoms with Gasteiger partial charge in [-0.15, -0.1) is 0 Å². The van der Waals surface area contributed by atoms with Crippen molar-refractivity contribution in [3.05, 3.63) is 11.8 Å². The van der Waals surface area contributed by atoms with E-state index in [9.17, 15) is 0 Å². The van der Waals surface area contributed by atoms with Crippen LogP contribution >= 0.6 is 0 Å². The zero-order chi connectivity index (χ0) is 9.84. The van der Waals surface area contributed by atoms with E-state index in [4.69, 9.17) is 5.73 Å². The van der Waals surface area contributed by atoms with Crippen LogP contribution in [0.25, 0.3) is 0 Å². The molecule has 1 heterocycles. The topological polar surface area (TPSA) is 67.1 Å². The zero-order valence-electron chi connectivity index (χ0n) is 8.33. The third-order valence-corrected chi connectivity index (χ3v) is 2.05. The summed E-state index contributed by atoms with van der Waals surface area (Å²) in [5.74, 6) is 1.63. The number of amidine groups is 1. The molecule has 72 valence electrons. The van der Waals surface area contributed by atoms with E-state index in [0.29, 0.717) is 17.6 Å². The summed E-state index contributed by atoms with van der Waals surface area (Å²) in [5.41, 5.74) is 6.76. The maximum atomic E-state index is 5.77. The lowest BCUT2D eigenvalue weighted by molar-refractivity contribution is 0.732. The van der Waals surface area contributed by atoms with E-state index in [2.05, 4.69) is 29.0 Å². The monoisotopic (exact) mass is 180 g/mol. The molecule has 0 fully saturated rings. The molecule has 13 heavy (non-hydrogen) atoms. The van der Waals surface area contributed by atoms with Gasteiger partial charge in [0.05, 0.1) is 0 Å². The summed E-state index contributed by atoms with van der Waals surface area (Å²) in [5, 5.41) is 6.80. The Kier molecular flexibility index (Phi) is 3.06. The van der Waals surface area contributed by atoms with Crippen molar-refractivity contribution in [1.82, 2.24) is 10.2 Å². The summed E-state index contributed by atoms with van der Waals surface area (Å²) in [6, 6.07) is 1.87. The predicted molar refractivity (Wildman–Crippen MR) is 54.1 cm³/mol. The second-order valence-electron chi connectivity index (χ2n) is 3.26. The van der Waals surface area contributed by atoms with Gasteiger partial charge < -0.3 is 5.73 Å². The van der Waals surface area contributed by atoms with Crippen LogP contribution in [-0.2, 0) is 0 Å². The molecular formula is C9H16N4. The number of nitrogens with two attached hydrogens (primary N) is 1. The van der Waals surface area contributed by atoms with Crippen LogP contribution in [0.2, 0.25) is 0 Å². The van der Waals surface area contributed by atoms with E-state index < -0.39 is 0 Å². The van der Waals surface area contributed by atoms with E-state index in [1.165, 1.54) is 0 Å². The smallest absolute Gasteiger partial charge is 0.175 e. The van der Waals surface area contributed by atoms with Crippen LogP contribution in [0.3, 0.4) is 0 Å². The maximum absolute atomic E-state index is 5.77. The van der Waals surface area contributed by atoms with Crippen molar-refractivity contribution in [2.75, 3.05) is 0 Å². The molecule has 0 saturated carbocycles. The third kappa shape index (κ3) is 2.57. The lowest BCUT2D eigenvalue weighted by Crippen LogP contribution is -2.20. The number of aryl methyl sites for hydroxylation is 1.